The summed E-state index contributed by atoms with van der Waals surface area (Å²) in [5.74, 6) is -0.124. The van der Waals surface area contributed by atoms with Crippen molar-refractivity contribution < 1.29 is 4.79 Å². The second kappa shape index (κ2) is 7.30. The van der Waals surface area contributed by atoms with Gasteiger partial charge >= 0.3 is 0 Å². The number of pyridine rings is 1. The average Bonchev–Trinajstić information content (AvgIpc) is 3.29. The number of fused-ring (bicyclic) bond motifs is 2. The van der Waals surface area contributed by atoms with E-state index in [-0.39, 0.29) is 5.91 Å². The number of carbonyl (C=O) groups is 1. The van der Waals surface area contributed by atoms with Crippen molar-refractivity contribution in [3.63, 3.8) is 0 Å². The van der Waals surface area contributed by atoms with Crippen molar-refractivity contribution in [1.29, 1.82) is 0 Å². The summed E-state index contributed by atoms with van der Waals surface area (Å²) in [6.45, 7) is 2.30. The minimum atomic E-state index is -0.124. The van der Waals surface area contributed by atoms with E-state index < -0.39 is 0 Å². The first kappa shape index (κ1) is 16.8. The van der Waals surface area contributed by atoms with Crippen LogP contribution in [0.3, 0.4) is 0 Å². The SMILES string of the molecule is CN(CCNC(=O)c1nccc2[nH]ccc12)Cc1ccc2c(c1)CCC2. The van der Waals surface area contributed by atoms with Gasteiger partial charge in [-0.15, -0.1) is 0 Å². The van der Waals surface area contributed by atoms with Crippen molar-refractivity contribution in [2.24, 2.45) is 0 Å². The number of likely N-dealkylation sites (N-methyl/N-ethyl adjacent to an activating group) is 1. The Kier molecular flexibility index (Phi) is 4.71. The maximum absolute atomic E-state index is 12.4. The van der Waals surface area contributed by atoms with Crippen LogP contribution in [0.1, 0.15) is 33.6 Å². The number of benzene rings is 1. The third kappa shape index (κ3) is 3.48. The quantitative estimate of drug-likeness (QED) is 0.720. The van der Waals surface area contributed by atoms with Crippen LogP contribution >= 0.6 is 0 Å². The standard InChI is InChI=1S/C21H24N4O/c1-25(14-15-5-6-16-3-2-4-17(16)13-15)12-11-24-21(26)20-18-7-9-22-19(18)8-10-23-20/h5-10,13,22H,2-4,11-12,14H2,1H3,(H,24,26). The lowest BCUT2D eigenvalue weighted by Crippen LogP contribution is -2.33. The van der Waals surface area contributed by atoms with E-state index in [1.165, 1.54) is 36.0 Å². The molecule has 1 aliphatic rings. The summed E-state index contributed by atoms with van der Waals surface area (Å²) in [6.07, 6.45) is 7.20. The Balaban J connectivity index is 1.30. The Morgan fingerprint density at radius 1 is 1.23 bits per heavy atom. The first-order valence-corrected chi connectivity index (χ1v) is 9.20. The highest BCUT2D eigenvalue weighted by Crippen LogP contribution is 2.23. The van der Waals surface area contributed by atoms with Crippen molar-refractivity contribution in [2.75, 3.05) is 20.1 Å². The molecule has 0 aliphatic heterocycles. The summed E-state index contributed by atoms with van der Waals surface area (Å²) in [4.78, 5) is 22.0. The first-order valence-electron chi connectivity index (χ1n) is 9.20. The minimum Gasteiger partial charge on any atom is -0.361 e. The summed E-state index contributed by atoms with van der Waals surface area (Å²) in [6, 6.07) is 10.6. The monoisotopic (exact) mass is 348 g/mol. The lowest BCUT2D eigenvalue weighted by atomic mass is 10.1. The molecule has 0 bridgehead atoms. The first-order chi connectivity index (χ1) is 12.7. The van der Waals surface area contributed by atoms with E-state index in [1.54, 1.807) is 6.20 Å². The van der Waals surface area contributed by atoms with Crippen LogP contribution in [-0.2, 0) is 19.4 Å². The number of amides is 1. The van der Waals surface area contributed by atoms with Crippen LogP contribution in [0.15, 0.2) is 42.7 Å². The molecule has 0 saturated carbocycles. The van der Waals surface area contributed by atoms with E-state index in [0.29, 0.717) is 12.2 Å². The highest BCUT2D eigenvalue weighted by molar-refractivity contribution is 6.04. The molecular weight excluding hydrogens is 324 g/mol. The van der Waals surface area contributed by atoms with Gasteiger partial charge in [0, 0.05) is 42.9 Å². The van der Waals surface area contributed by atoms with Gasteiger partial charge in [0.1, 0.15) is 5.69 Å². The number of nitrogens with zero attached hydrogens (tertiary/aromatic N) is 2. The van der Waals surface area contributed by atoms with Crippen LogP contribution < -0.4 is 5.32 Å². The summed E-state index contributed by atoms with van der Waals surface area (Å²) in [5, 5.41) is 3.84. The molecule has 0 radical (unpaired) electrons. The van der Waals surface area contributed by atoms with E-state index in [2.05, 4.69) is 45.4 Å². The van der Waals surface area contributed by atoms with Gasteiger partial charge < -0.3 is 15.2 Å². The number of nitrogens with one attached hydrogen (secondary N) is 2. The topological polar surface area (TPSA) is 61.0 Å². The molecule has 5 nitrogen and oxygen atoms in total. The summed E-state index contributed by atoms with van der Waals surface area (Å²) >= 11 is 0. The third-order valence-electron chi connectivity index (χ3n) is 5.09. The number of hydrogen-bond donors (Lipinski definition) is 2. The summed E-state index contributed by atoms with van der Waals surface area (Å²) in [7, 11) is 2.09. The fraction of sp³-hybridized carbons (Fsp3) is 0.333. The fourth-order valence-corrected chi connectivity index (χ4v) is 3.72. The Hall–Kier alpha value is -2.66. The van der Waals surface area contributed by atoms with Gasteiger partial charge in [-0.1, -0.05) is 18.2 Å². The van der Waals surface area contributed by atoms with Crippen molar-refractivity contribution in [2.45, 2.75) is 25.8 Å². The second-order valence-corrected chi connectivity index (χ2v) is 7.05. The fourth-order valence-electron chi connectivity index (χ4n) is 3.72. The second-order valence-electron chi connectivity index (χ2n) is 7.05. The van der Waals surface area contributed by atoms with Gasteiger partial charge in [0.2, 0.25) is 0 Å². The maximum Gasteiger partial charge on any atom is 0.270 e. The smallest absolute Gasteiger partial charge is 0.270 e. The predicted molar refractivity (Wildman–Crippen MR) is 103 cm³/mol. The Bertz CT molecular complexity index is 931. The lowest BCUT2D eigenvalue weighted by Gasteiger charge is -2.17. The van der Waals surface area contributed by atoms with Crippen LogP contribution in [0, 0.1) is 0 Å². The predicted octanol–water partition coefficient (Wildman–Crippen LogP) is 2.91. The molecule has 0 saturated heterocycles. The molecule has 0 atom stereocenters. The molecule has 0 fully saturated rings. The molecule has 1 amide bonds. The zero-order valence-electron chi connectivity index (χ0n) is 15.1. The Labute approximate surface area is 153 Å². The highest BCUT2D eigenvalue weighted by atomic mass is 16.1. The molecule has 0 unspecified atom stereocenters. The zero-order valence-corrected chi connectivity index (χ0v) is 15.1. The molecule has 2 heterocycles. The van der Waals surface area contributed by atoms with Gasteiger partial charge in [0.25, 0.3) is 5.91 Å². The van der Waals surface area contributed by atoms with Crippen LogP contribution in [0.4, 0.5) is 0 Å². The maximum atomic E-state index is 12.4. The van der Waals surface area contributed by atoms with E-state index in [1.807, 2.05) is 18.3 Å². The van der Waals surface area contributed by atoms with E-state index in [0.717, 1.165) is 24.0 Å². The Morgan fingerprint density at radius 2 is 2.12 bits per heavy atom. The van der Waals surface area contributed by atoms with Crippen molar-refractivity contribution in [3.05, 3.63) is 65.1 Å². The van der Waals surface area contributed by atoms with E-state index in [9.17, 15) is 4.79 Å². The highest BCUT2D eigenvalue weighted by Gasteiger charge is 2.13. The summed E-state index contributed by atoms with van der Waals surface area (Å²) in [5.41, 5.74) is 5.77. The number of hydrogen-bond acceptors (Lipinski definition) is 3. The zero-order chi connectivity index (χ0) is 17.9. The molecule has 3 aromatic rings. The Morgan fingerprint density at radius 3 is 3.04 bits per heavy atom. The molecule has 26 heavy (non-hydrogen) atoms. The molecule has 1 aliphatic carbocycles. The number of aromatic amines is 1. The molecule has 0 spiro atoms. The normalized spacial score (nSPS) is 13.3. The van der Waals surface area contributed by atoms with Crippen molar-refractivity contribution >= 4 is 16.8 Å². The molecule has 2 N–H and O–H groups in total. The van der Waals surface area contributed by atoms with Crippen LogP contribution in [0.2, 0.25) is 0 Å². The van der Waals surface area contributed by atoms with Crippen LogP contribution in [0.5, 0.6) is 0 Å². The van der Waals surface area contributed by atoms with Gasteiger partial charge in [0.05, 0.1) is 0 Å². The molecule has 134 valence electrons. The lowest BCUT2D eigenvalue weighted by molar-refractivity contribution is 0.0946. The molecule has 5 heteroatoms. The van der Waals surface area contributed by atoms with Gasteiger partial charge in [-0.05, 0) is 55.1 Å². The van der Waals surface area contributed by atoms with E-state index >= 15 is 0 Å². The van der Waals surface area contributed by atoms with Crippen LogP contribution in [-0.4, -0.2) is 40.9 Å². The van der Waals surface area contributed by atoms with Gasteiger partial charge in [-0.3, -0.25) is 9.78 Å². The largest absolute Gasteiger partial charge is 0.361 e. The number of aromatic nitrogens is 2. The molecule has 4 rings (SSSR count). The third-order valence-corrected chi connectivity index (χ3v) is 5.09. The number of carbonyl (C=O) groups excluding carboxylic acids is 1. The van der Waals surface area contributed by atoms with Gasteiger partial charge in [-0.2, -0.15) is 0 Å². The summed E-state index contributed by atoms with van der Waals surface area (Å²) < 4.78 is 0. The molecular formula is C21H24N4O. The van der Waals surface area contributed by atoms with Gasteiger partial charge in [-0.25, -0.2) is 0 Å². The van der Waals surface area contributed by atoms with Crippen LogP contribution in [0.25, 0.3) is 10.9 Å². The van der Waals surface area contributed by atoms with Gasteiger partial charge in [0.15, 0.2) is 0 Å². The molecule has 1 aromatic carbocycles. The van der Waals surface area contributed by atoms with Crippen molar-refractivity contribution in [1.82, 2.24) is 20.2 Å². The van der Waals surface area contributed by atoms with Crippen molar-refractivity contribution in [3.8, 4) is 0 Å². The average molecular weight is 348 g/mol. The van der Waals surface area contributed by atoms with E-state index in [4.69, 9.17) is 0 Å². The number of rotatable bonds is 6. The molecule has 2 aromatic heterocycles. The number of aryl methyl sites for hydroxylation is 2. The number of H-pyrrole nitrogens is 1. The minimum absolute atomic E-state index is 0.124.